The smallest absolute Gasteiger partial charge is 0.352 e. The molecule has 1 aliphatic rings. The van der Waals surface area contributed by atoms with Crippen molar-refractivity contribution in [3.8, 4) is 0 Å². The maximum atomic E-state index is 11.8. The molecule has 0 aliphatic heterocycles. The first-order valence-corrected chi connectivity index (χ1v) is 8.20. The molecule has 2 aromatic rings. The number of fused-ring (bicyclic) bond motifs is 1. The van der Waals surface area contributed by atoms with Gasteiger partial charge in [-0.25, -0.2) is 4.79 Å². The second kappa shape index (κ2) is 6.13. The topological polar surface area (TPSA) is 54.3 Å². The molecule has 1 aliphatic carbocycles. The molecular weight excluding hydrogens is 276 g/mol. The van der Waals surface area contributed by atoms with Crippen LogP contribution in [0.25, 0.3) is 10.9 Å². The van der Waals surface area contributed by atoms with E-state index in [1.54, 1.807) is 0 Å². The van der Waals surface area contributed by atoms with Crippen LogP contribution in [0, 0.1) is 6.92 Å². The van der Waals surface area contributed by atoms with Crippen LogP contribution >= 0.6 is 0 Å². The molecule has 4 heteroatoms. The van der Waals surface area contributed by atoms with Crippen molar-refractivity contribution in [1.29, 1.82) is 0 Å². The zero-order chi connectivity index (χ0) is 15.7. The summed E-state index contributed by atoms with van der Waals surface area (Å²) >= 11 is 0. The minimum atomic E-state index is -0.834. The summed E-state index contributed by atoms with van der Waals surface area (Å²) in [6.07, 6.45) is 4.96. The zero-order valence-corrected chi connectivity index (χ0v) is 13.4. The van der Waals surface area contributed by atoms with E-state index >= 15 is 0 Å². The monoisotopic (exact) mass is 300 g/mol. The van der Waals surface area contributed by atoms with E-state index in [9.17, 15) is 9.90 Å². The lowest BCUT2D eigenvalue weighted by Gasteiger charge is -2.12. The number of nitrogens with zero attached hydrogens (tertiary/aromatic N) is 1. The van der Waals surface area contributed by atoms with Crippen molar-refractivity contribution in [2.75, 3.05) is 0 Å². The van der Waals surface area contributed by atoms with Gasteiger partial charge in [-0.1, -0.05) is 25.0 Å². The van der Waals surface area contributed by atoms with Crippen LogP contribution in [0.3, 0.4) is 0 Å². The first-order chi connectivity index (χ1) is 10.6. The van der Waals surface area contributed by atoms with Crippen LogP contribution in [0.4, 0.5) is 0 Å². The molecule has 1 heterocycles. The van der Waals surface area contributed by atoms with E-state index < -0.39 is 5.97 Å². The largest absolute Gasteiger partial charge is 0.477 e. The third-order valence-electron chi connectivity index (χ3n) is 4.77. The Bertz CT molecular complexity index is 697. The number of aromatic nitrogens is 1. The molecule has 0 spiro atoms. The second-order valence-corrected chi connectivity index (χ2v) is 6.26. The lowest BCUT2D eigenvalue weighted by atomic mass is 10.1. The summed E-state index contributed by atoms with van der Waals surface area (Å²) in [7, 11) is 0. The minimum Gasteiger partial charge on any atom is -0.477 e. The fraction of sp³-hybridized carbons (Fsp3) is 0.500. The number of carboxylic acids is 1. The predicted octanol–water partition coefficient (Wildman–Crippen LogP) is 3.70. The number of benzene rings is 1. The summed E-state index contributed by atoms with van der Waals surface area (Å²) in [6.45, 7) is 5.36. The highest BCUT2D eigenvalue weighted by Crippen LogP contribution is 2.28. The lowest BCUT2D eigenvalue weighted by Crippen LogP contribution is -2.26. The molecule has 0 saturated heterocycles. The molecule has 4 nitrogen and oxygen atoms in total. The summed E-state index contributed by atoms with van der Waals surface area (Å²) in [5.74, 6) is -0.834. The average molecular weight is 300 g/mol. The predicted molar refractivity (Wildman–Crippen MR) is 88.4 cm³/mol. The number of nitrogens with one attached hydrogen (secondary N) is 1. The van der Waals surface area contributed by atoms with E-state index in [0.29, 0.717) is 24.8 Å². The number of hydrogen-bond donors (Lipinski definition) is 2. The number of aryl methyl sites for hydroxylation is 2. The van der Waals surface area contributed by atoms with Gasteiger partial charge in [-0.2, -0.15) is 0 Å². The van der Waals surface area contributed by atoms with Gasteiger partial charge in [-0.3, -0.25) is 0 Å². The Hall–Kier alpha value is -1.81. The van der Waals surface area contributed by atoms with Crippen molar-refractivity contribution in [1.82, 2.24) is 9.88 Å². The molecular formula is C18H24N2O2. The van der Waals surface area contributed by atoms with E-state index in [2.05, 4.69) is 23.5 Å². The number of carboxylic acid groups (broad SMARTS) is 1. The van der Waals surface area contributed by atoms with E-state index in [1.165, 1.54) is 25.7 Å². The maximum absolute atomic E-state index is 11.8. The molecule has 1 aromatic heterocycles. The van der Waals surface area contributed by atoms with Crippen molar-refractivity contribution >= 4 is 16.9 Å². The highest BCUT2D eigenvalue weighted by Gasteiger charge is 2.23. The molecule has 0 amide bonds. The van der Waals surface area contributed by atoms with Gasteiger partial charge in [0.2, 0.25) is 0 Å². The quantitative estimate of drug-likeness (QED) is 0.885. The van der Waals surface area contributed by atoms with Gasteiger partial charge in [0, 0.05) is 35.6 Å². The zero-order valence-electron chi connectivity index (χ0n) is 13.4. The third-order valence-corrected chi connectivity index (χ3v) is 4.77. The molecule has 0 atom stereocenters. The highest BCUT2D eigenvalue weighted by molar-refractivity contribution is 5.98. The molecule has 0 bridgehead atoms. The van der Waals surface area contributed by atoms with Crippen molar-refractivity contribution in [2.24, 2.45) is 0 Å². The third kappa shape index (κ3) is 2.63. The molecule has 0 unspecified atom stereocenters. The van der Waals surface area contributed by atoms with Gasteiger partial charge in [0.05, 0.1) is 0 Å². The fourth-order valence-corrected chi connectivity index (χ4v) is 3.66. The number of rotatable bonds is 5. The van der Waals surface area contributed by atoms with Crippen LogP contribution in [0.5, 0.6) is 0 Å². The maximum Gasteiger partial charge on any atom is 0.352 e. The SMILES string of the molecule is CCn1c(C(=O)O)c(CNC2CCCC2)c2ccc(C)cc21. The van der Waals surface area contributed by atoms with E-state index in [-0.39, 0.29) is 0 Å². The van der Waals surface area contributed by atoms with Crippen LogP contribution in [0.1, 0.15) is 54.2 Å². The summed E-state index contributed by atoms with van der Waals surface area (Å²) in [6, 6.07) is 6.75. The van der Waals surface area contributed by atoms with E-state index in [4.69, 9.17) is 0 Å². The Morgan fingerprint density at radius 2 is 2.09 bits per heavy atom. The number of carbonyl (C=O) groups is 1. The summed E-state index contributed by atoms with van der Waals surface area (Å²) in [5.41, 5.74) is 3.56. The Morgan fingerprint density at radius 3 is 2.73 bits per heavy atom. The van der Waals surface area contributed by atoms with Crippen molar-refractivity contribution in [2.45, 2.75) is 58.7 Å². The average Bonchev–Trinajstić information content (AvgIpc) is 3.09. The second-order valence-electron chi connectivity index (χ2n) is 6.26. The van der Waals surface area contributed by atoms with Crippen molar-refractivity contribution in [3.63, 3.8) is 0 Å². The van der Waals surface area contributed by atoms with Gasteiger partial charge in [0.1, 0.15) is 5.69 Å². The molecule has 118 valence electrons. The summed E-state index contributed by atoms with van der Waals surface area (Å²) in [4.78, 5) is 11.8. The lowest BCUT2D eigenvalue weighted by molar-refractivity contribution is 0.0684. The van der Waals surface area contributed by atoms with Crippen LogP contribution in [-0.2, 0) is 13.1 Å². The Morgan fingerprint density at radius 1 is 1.36 bits per heavy atom. The minimum absolute atomic E-state index is 0.439. The van der Waals surface area contributed by atoms with Crippen LogP contribution in [0.15, 0.2) is 18.2 Å². The van der Waals surface area contributed by atoms with E-state index in [1.807, 2.05) is 18.4 Å². The molecule has 22 heavy (non-hydrogen) atoms. The number of hydrogen-bond acceptors (Lipinski definition) is 2. The fourth-order valence-electron chi connectivity index (χ4n) is 3.66. The van der Waals surface area contributed by atoms with Gasteiger partial charge in [0.15, 0.2) is 0 Å². The number of aromatic carboxylic acids is 1. The van der Waals surface area contributed by atoms with Gasteiger partial charge in [-0.15, -0.1) is 0 Å². The van der Waals surface area contributed by atoms with E-state index in [0.717, 1.165) is 22.0 Å². The van der Waals surface area contributed by atoms with Gasteiger partial charge in [0.25, 0.3) is 0 Å². The van der Waals surface area contributed by atoms with Gasteiger partial charge in [-0.05, 0) is 38.3 Å². The first kappa shape index (κ1) is 15.1. The van der Waals surface area contributed by atoms with Gasteiger partial charge < -0.3 is 15.0 Å². The molecule has 1 fully saturated rings. The standard InChI is InChI=1S/C18H24N2O2/c1-3-20-16-10-12(2)8-9-14(16)15(17(20)18(21)22)11-19-13-6-4-5-7-13/h8-10,13,19H,3-7,11H2,1-2H3,(H,21,22). The molecule has 3 rings (SSSR count). The highest BCUT2D eigenvalue weighted by atomic mass is 16.4. The Kier molecular flexibility index (Phi) is 4.21. The van der Waals surface area contributed by atoms with Gasteiger partial charge >= 0.3 is 5.97 Å². The van der Waals surface area contributed by atoms with Crippen LogP contribution in [-0.4, -0.2) is 21.7 Å². The van der Waals surface area contributed by atoms with Crippen molar-refractivity contribution < 1.29 is 9.90 Å². The summed E-state index contributed by atoms with van der Waals surface area (Å²) < 4.78 is 1.93. The molecule has 0 radical (unpaired) electrons. The van der Waals surface area contributed by atoms with Crippen LogP contribution in [0.2, 0.25) is 0 Å². The first-order valence-electron chi connectivity index (χ1n) is 8.20. The molecule has 1 saturated carbocycles. The van der Waals surface area contributed by atoms with Crippen molar-refractivity contribution in [3.05, 3.63) is 35.0 Å². The summed E-state index contributed by atoms with van der Waals surface area (Å²) in [5, 5.41) is 14.3. The normalized spacial score (nSPS) is 15.7. The Labute approximate surface area is 131 Å². The van der Waals surface area contributed by atoms with Crippen LogP contribution < -0.4 is 5.32 Å². The molecule has 2 N–H and O–H groups in total. The Balaban J connectivity index is 2.05. The molecule has 1 aromatic carbocycles.